The van der Waals surface area contributed by atoms with E-state index in [0.717, 1.165) is 25.2 Å². The molecule has 2 saturated heterocycles. The minimum atomic E-state index is -3.38. The summed E-state index contributed by atoms with van der Waals surface area (Å²) in [5.74, 6) is 0. The van der Waals surface area contributed by atoms with E-state index < -0.39 is 10.0 Å². The molecule has 0 aliphatic carbocycles. The summed E-state index contributed by atoms with van der Waals surface area (Å²) in [6.07, 6.45) is 2.48. The molecule has 116 valence electrons. The van der Waals surface area contributed by atoms with Crippen molar-refractivity contribution in [1.82, 2.24) is 9.21 Å². The van der Waals surface area contributed by atoms with Crippen molar-refractivity contribution in [3.63, 3.8) is 0 Å². The van der Waals surface area contributed by atoms with Gasteiger partial charge in [0.15, 0.2) is 0 Å². The molecule has 0 N–H and O–H groups in total. The maximum absolute atomic E-state index is 12.6. The monoisotopic (exact) mass is 310 g/mol. The van der Waals surface area contributed by atoms with Crippen LogP contribution in [0.25, 0.3) is 0 Å². The zero-order valence-electron chi connectivity index (χ0n) is 12.2. The molecule has 2 aliphatic rings. The maximum Gasteiger partial charge on any atom is 0.243 e. The largest absolute Gasteiger partial charge is 0.379 e. The topological polar surface area (TPSA) is 49.9 Å². The highest BCUT2D eigenvalue weighted by molar-refractivity contribution is 7.89. The van der Waals surface area contributed by atoms with Gasteiger partial charge >= 0.3 is 0 Å². The van der Waals surface area contributed by atoms with E-state index in [0.29, 0.717) is 31.2 Å². The van der Waals surface area contributed by atoms with Gasteiger partial charge in [0.05, 0.1) is 18.1 Å². The first-order chi connectivity index (χ1) is 10.2. The average Bonchev–Trinajstić information content (AvgIpc) is 3.01. The van der Waals surface area contributed by atoms with Gasteiger partial charge in [-0.2, -0.15) is 4.31 Å². The molecule has 0 bridgehead atoms. The van der Waals surface area contributed by atoms with Crippen molar-refractivity contribution in [2.75, 3.05) is 39.4 Å². The van der Waals surface area contributed by atoms with Gasteiger partial charge in [0.2, 0.25) is 10.0 Å². The van der Waals surface area contributed by atoms with Crippen molar-refractivity contribution < 1.29 is 13.2 Å². The molecule has 0 amide bonds. The van der Waals surface area contributed by atoms with Crippen LogP contribution in [-0.2, 0) is 21.3 Å². The second-order valence-electron chi connectivity index (χ2n) is 5.65. The molecule has 2 heterocycles. The Hall–Kier alpha value is -0.950. The van der Waals surface area contributed by atoms with E-state index in [1.165, 1.54) is 17.1 Å². The van der Waals surface area contributed by atoms with Crippen LogP contribution in [0.3, 0.4) is 0 Å². The predicted octanol–water partition coefficient (Wildman–Crippen LogP) is 1.30. The second kappa shape index (κ2) is 6.44. The van der Waals surface area contributed by atoms with Crippen LogP contribution in [0.15, 0.2) is 29.2 Å². The van der Waals surface area contributed by atoms with Gasteiger partial charge in [-0.05, 0) is 43.6 Å². The van der Waals surface area contributed by atoms with Crippen LogP contribution in [0.5, 0.6) is 0 Å². The molecule has 2 fully saturated rings. The van der Waals surface area contributed by atoms with E-state index in [1.54, 1.807) is 6.07 Å². The van der Waals surface area contributed by atoms with Crippen LogP contribution in [0, 0.1) is 0 Å². The predicted molar refractivity (Wildman–Crippen MR) is 80.5 cm³/mol. The second-order valence-corrected chi connectivity index (χ2v) is 7.59. The van der Waals surface area contributed by atoms with Crippen molar-refractivity contribution in [3.05, 3.63) is 29.8 Å². The van der Waals surface area contributed by atoms with E-state index in [9.17, 15) is 8.42 Å². The summed E-state index contributed by atoms with van der Waals surface area (Å²) in [6.45, 7) is 4.91. The molecular formula is C15H22N2O3S. The molecule has 5 nitrogen and oxygen atoms in total. The molecule has 1 aromatic carbocycles. The van der Waals surface area contributed by atoms with Crippen molar-refractivity contribution >= 4 is 10.0 Å². The van der Waals surface area contributed by atoms with Crippen LogP contribution in [0.1, 0.15) is 18.4 Å². The number of ether oxygens (including phenoxy) is 1. The zero-order valence-corrected chi connectivity index (χ0v) is 13.0. The van der Waals surface area contributed by atoms with Crippen molar-refractivity contribution in [2.45, 2.75) is 24.3 Å². The first kappa shape index (κ1) is 15.0. The van der Waals surface area contributed by atoms with E-state index in [4.69, 9.17) is 4.74 Å². The normalized spacial score (nSPS) is 21.7. The van der Waals surface area contributed by atoms with E-state index >= 15 is 0 Å². The van der Waals surface area contributed by atoms with Crippen LogP contribution >= 0.6 is 0 Å². The lowest BCUT2D eigenvalue weighted by atomic mass is 10.2. The molecule has 2 aliphatic heterocycles. The summed E-state index contributed by atoms with van der Waals surface area (Å²) < 4.78 is 32.0. The minimum Gasteiger partial charge on any atom is -0.379 e. The molecule has 3 rings (SSSR count). The molecule has 0 spiro atoms. The summed E-state index contributed by atoms with van der Waals surface area (Å²) in [5.41, 5.74) is 1.08. The van der Waals surface area contributed by atoms with E-state index in [-0.39, 0.29) is 0 Å². The third-order valence-electron chi connectivity index (χ3n) is 4.11. The van der Waals surface area contributed by atoms with Crippen molar-refractivity contribution in [2.24, 2.45) is 0 Å². The fourth-order valence-corrected chi connectivity index (χ4v) is 4.42. The van der Waals surface area contributed by atoms with Gasteiger partial charge in [0, 0.05) is 19.6 Å². The van der Waals surface area contributed by atoms with Crippen LogP contribution in [0.4, 0.5) is 0 Å². The number of hydrogen-bond acceptors (Lipinski definition) is 4. The molecule has 21 heavy (non-hydrogen) atoms. The molecule has 0 saturated carbocycles. The van der Waals surface area contributed by atoms with Gasteiger partial charge in [0.1, 0.15) is 0 Å². The molecule has 0 unspecified atom stereocenters. The Bertz CT molecular complexity index is 576. The Balaban J connectivity index is 1.77. The number of likely N-dealkylation sites (tertiary alicyclic amines) is 1. The van der Waals surface area contributed by atoms with Crippen molar-refractivity contribution in [3.8, 4) is 0 Å². The standard InChI is InChI=1S/C15H22N2O3S/c18-21(19,17-8-10-20-11-9-17)15-5-3-4-14(12-15)13-16-6-1-2-7-16/h3-5,12H,1-2,6-11,13H2. The fourth-order valence-electron chi connectivity index (χ4n) is 2.94. The molecular weight excluding hydrogens is 288 g/mol. The van der Waals surface area contributed by atoms with Crippen LogP contribution in [0.2, 0.25) is 0 Å². The van der Waals surface area contributed by atoms with Gasteiger partial charge < -0.3 is 4.74 Å². The number of sulfonamides is 1. The highest BCUT2D eigenvalue weighted by Crippen LogP contribution is 2.20. The lowest BCUT2D eigenvalue weighted by molar-refractivity contribution is 0.0730. The van der Waals surface area contributed by atoms with E-state index in [2.05, 4.69) is 4.90 Å². The number of morpholine rings is 1. The highest BCUT2D eigenvalue weighted by atomic mass is 32.2. The highest BCUT2D eigenvalue weighted by Gasteiger charge is 2.26. The van der Waals surface area contributed by atoms with Gasteiger partial charge in [-0.3, -0.25) is 4.90 Å². The Morgan fingerprint density at radius 3 is 2.48 bits per heavy atom. The van der Waals surface area contributed by atoms with E-state index in [1.807, 2.05) is 18.2 Å². The number of nitrogens with zero attached hydrogens (tertiary/aromatic N) is 2. The number of benzene rings is 1. The molecule has 0 radical (unpaired) electrons. The van der Waals surface area contributed by atoms with Gasteiger partial charge in [-0.25, -0.2) is 8.42 Å². The Kier molecular flexibility index (Phi) is 4.59. The summed E-state index contributed by atoms with van der Waals surface area (Å²) in [6, 6.07) is 7.37. The quantitative estimate of drug-likeness (QED) is 0.841. The number of rotatable bonds is 4. The SMILES string of the molecule is O=S(=O)(c1cccc(CN2CCCC2)c1)N1CCOCC1. The number of hydrogen-bond donors (Lipinski definition) is 0. The van der Waals surface area contributed by atoms with Crippen molar-refractivity contribution in [1.29, 1.82) is 0 Å². The third kappa shape index (κ3) is 3.45. The van der Waals surface area contributed by atoms with Gasteiger partial charge in [-0.1, -0.05) is 12.1 Å². The van der Waals surface area contributed by atoms with Crippen LogP contribution in [-0.4, -0.2) is 57.0 Å². The molecule has 1 aromatic rings. The Labute approximate surface area is 126 Å². The zero-order chi connectivity index (χ0) is 14.7. The minimum absolute atomic E-state index is 0.404. The van der Waals surface area contributed by atoms with Gasteiger partial charge in [0.25, 0.3) is 0 Å². The lowest BCUT2D eigenvalue weighted by Crippen LogP contribution is -2.40. The first-order valence-electron chi connectivity index (χ1n) is 7.55. The molecule has 6 heteroatoms. The molecule has 0 atom stereocenters. The van der Waals surface area contributed by atoms with Crippen LogP contribution < -0.4 is 0 Å². The van der Waals surface area contributed by atoms with Gasteiger partial charge in [-0.15, -0.1) is 0 Å². The Morgan fingerprint density at radius 1 is 1.05 bits per heavy atom. The molecule has 0 aromatic heterocycles. The smallest absolute Gasteiger partial charge is 0.243 e. The summed E-state index contributed by atoms with van der Waals surface area (Å²) in [7, 11) is -3.38. The maximum atomic E-state index is 12.6. The Morgan fingerprint density at radius 2 is 1.76 bits per heavy atom. The fraction of sp³-hybridized carbons (Fsp3) is 0.600. The third-order valence-corrected chi connectivity index (χ3v) is 6.01. The lowest BCUT2D eigenvalue weighted by Gasteiger charge is -2.26. The summed E-state index contributed by atoms with van der Waals surface area (Å²) >= 11 is 0. The average molecular weight is 310 g/mol. The first-order valence-corrected chi connectivity index (χ1v) is 8.99. The summed E-state index contributed by atoms with van der Waals surface area (Å²) in [5, 5.41) is 0. The summed E-state index contributed by atoms with van der Waals surface area (Å²) in [4.78, 5) is 2.78.